The van der Waals surface area contributed by atoms with E-state index in [2.05, 4.69) is 12.1 Å². The summed E-state index contributed by atoms with van der Waals surface area (Å²) in [6.07, 6.45) is 1.76. The van der Waals surface area contributed by atoms with Gasteiger partial charge in [0.15, 0.2) is 0 Å². The summed E-state index contributed by atoms with van der Waals surface area (Å²) >= 11 is 0. The number of ether oxygens (including phenoxy) is 1. The van der Waals surface area contributed by atoms with Crippen molar-refractivity contribution < 1.29 is 9.84 Å². The summed E-state index contributed by atoms with van der Waals surface area (Å²) in [5, 5.41) is 9.76. The summed E-state index contributed by atoms with van der Waals surface area (Å²) < 4.78 is 5.96. The second-order valence-corrected chi connectivity index (χ2v) is 5.55. The predicted octanol–water partition coefficient (Wildman–Crippen LogP) is 4.76. The Morgan fingerprint density at radius 1 is 0.696 bits per heavy atom. The molecule has 116 valence electrons. The lowest BCUT2D eigenvalue weighted by Gasteiger charge is -2.12. The SMILES string of the molecule is Oc1ccc(OCc2ccccc2)c(CCc2ccccc2)c1. The number of rotatable bonds is 6. The zero-order valence-electron chi connectivity index (χ0n) is 13.0. The van der Waals surface area contributed by atoms with Gasteiger partial charge in [-0.25, -0.2) is 0 Å². The normalized spacial score (nSPS) is 10.4. The molecule has 3 aromatic rings. The average Bonchev–Trinajstić information content (AvgIpc) is 2.61. The van der Waals surface area contributed by atoms with Gasteiger partial charge in [-0.3, -0.25) is 0 Å². The maximum absolute atomic E-state index is 9.76. The van der Waals surface area contributed by atoms with E-state index in [4.69, 9.17) is 4.74 Å². The number of phenolic OH excluding ortho intramolecular Hbond substituents is 1. The molecule has 0 spiro atoms. The van der Waals surface area contributed by atoms with Gasteiger partial charge in [-0.05, 0) is 47.7 Å². The molecule has 2 nitrogen and oxygen atoms in total. The van der Waals surface area contributed by atoms with Crippen LogP contribution in [0.5, 0.6) is 11.5 Å². The predicted molar refractivity (Wildman–Crippen MR) is 92.7 cm³/mol. The quantitative estimate of drug-likeness (QED) is 0.711. The van der Waals surface area contributed by atoms with E-state index in [1.807, 2.05) is 54.6 Å². The van der Waals surface area contributed by atoms with E-state index in [1.54, 1.807) is 12.1 Å². The van der Waals surface area contributed by atoms with Gasteiger partial charge in [0.1, 0.15) is 18.1 Å². The van der Waals surface area contributed by atoms with Crippen LogP contribution in [0.2, 0.25) is 0 Å². The van der Waals surface area contributed by atoms with Gasteiger partial charge >= 0.3 is 0 Å². The highest BCUT2D eigenvalue weighted by atomic mass is 16.5. The molecule has 0 bridgehead atoms. The molecule has 0 radical (unpaired) electrons. The standard InChI is InChI=1S/C21H20O2/c22-20-13-14-21(23-16-18-9-5-2-6-10-18)19(15-20)12-11-17-7-3-1-4-8-17/h1-10,13-15,22H,11-12,16H2. The molecule has 0 saturated carbocycles. The van der Waals surface area contributed by atoms with Crippen LogP contribution in [0.15, 0.2) is 78.9 Å². The monoisotopic (exact) mass is 304 g/mol. The maximum Gasteiger partial charge on any atom is 0.123 e. The van der Waals surface area contributed by atoms with Crippen molar-refractivity contribution in [2.24, 2.45) is 0 Å². The first kappa shape index (κ1) is 15.2. The Balaban J connectivity index is 1.70. The molecular formula is C21H20O2. The third-order valence-corrected chi connectivity index (χ3v) is 3.81. The van der Waals surface area contributed by atoms with Gasteiger partial charge in [0, 0.05) is 0 Å². The molecule has 0 aromatic heterocycles. The Labute approximate surface area is 137 Å². The van der Waals surface area contributed by atoms with Gasteiger partial charge in [0.05, 0.1) is 0 Å². The molecule has 3 aromatic carbocycles. The summed E-state index contributed by atoms with van der Waals surface area (Å²) in [6, 6.07) is 25.8. The van der Waals surface area contributed by atoms with E-state index in [0.29, 0.717) is 6.61 Å². The third-order valence-electron chi connectivity index (χ3n) is 3.81. The first-order chi connectivity index (χ1) is 11.3. The molecule has 0 amide bonds. The molecule has 0 saturated heterocycles. The molecule has 0 aliphatic rings. The molecule has 0 aliphatic carbocycles. The number of hydrogen-bond donors (Lipinski definition) is 1. The van der Waals surface area contributed by atoms with Crippen LogP contribution in [0.4, 0.5) is 0 Å². The van der Waals surface area contributed by atoms with Crippen molar-refractivity contribution in [3.63, 3.8) is 0 Å². The highest BCUT2D eigenvalue weighted by molar-refractivity contribution is 5.40. The summed E-state index contributed by atoms with van der Waals surface area (Å²) in [7, 11) is 0. The summed E-state index contributed by atoms with van der Waals surface area (Å²) in [6.45, 7) is 0.532. The van der Waals surface area contributed by atoms with Gasteiger partial charge < -0.3 is 9.84 Å². The lowest BCUT2D eigenvalue weighted by molar-refractivity contribution is 0.302. The second-order valence-electron chi connectivity index (χ2n) is 5.55. The number of hydrogen-bond acceptors (Lipinski definition) is 2. The van der Waals surface area contributed by atoms with Gasteiger partial charge in [-0.1, -0.05) is 60.7 Å². The lowest BCUT2D eigenvalue weighted by Crippen LogP contribution is -2.00. The van der Waals surface area contributed by atoms with E-state index >= 15 is 0 Å². The number of aryl methyl sites for hydroxylation is 2. The molecule has 23 heavy (non-hydrogen) atoms. The molecule has 0 aliphatic heterocycles. The average molecular weight is 304 g/mol. The largest absolute Gasteiger partial charge is 0.508 e. The van der Waals surface area contributed by atoms with Crippen LogP contribution in [-0.2, 0) is 19.4 Å². The molecule has 1 N–H and O–H groups in total. The lowest BCUT2D eigenvalue weighted by atomic mass is 10.0. The summed E-state index contributed by atoms with van der Waals surface area (Å²) in [4.78, 5) is 0. The fourth-order valence-electron chi connectivity index (χ4n) is 2.56. The Kier molecular flexibility index (Phi) is 4.95. The molecule has 3 rings (SSSR count). The second kappa shape index (κ2) is 7.50. The molecular weight excluding hydrogens is 284 g/mol. The third kappa shape index (κ3) is 4.36. The van der Waals surface area contributed by atoms with Crippen molar-refractivity contribution in [1.29, 1.82) is 0 Å². The zero-order chi connectivity index (χ0) is 15.9. The van der Waals surface area contributed by atoms with Crippen molar-refractivity contribution in [1.82, 2.24) is 0 Å². The van der Waals surface area contributed by atoms with Crippen LogP contribution in [0.1, 0.15) is 16.7 Å². The van der Waals surface area contributed by atoms with Crippen molar-refractivity contribution in [2.75, 3.05) is 0 Å². The van der Waals surface area contributed by atoms with Crippen LogP contribution in [-0.4, -0.2) is 5.11 Å². The molecule has 0 atom stereocenters. The van der Waals surface area contributed by atoms with Crippen LogP contribution >= 0.6 is 0 Å². The van der Waals surface area contributed by atoms with Gasteiger partial charge in [-0.15, -0.1) is 0 Å². The minimum atomic E-state index is 0.278. The highest BCUT2D eigenvalue weighted by Crippen LogP contribution is 2.26. The van der Waals surface area contributed by atoms with Gasteiger partial charge in [0.25, 0.3) is 0 Å². The van der Waals surface area contributed by atoms with Crippen LogP contribution in [0.25, 0.3) is 0 Å². The van der Waals surface area contributed by atoms with Crippen LogP contribution in [0, 0.1) is 0 Å². The molecule has 0 unspecified atom stereocenters. The van der Waals surface area contributed by atoms with Crippen molar-refractivity contribution >= 4 is 0 Å². The van der Waals surface area contributed by atoms with E-state index in [0.717, 1.165) is 29.7 Å². The van der Waals surface area contributed by atoms with Crippen molar-refractivity contribution in [3.8, 4) is 11.5 Å². The highest BCUT2D eigenvalue weighted by Gasteiger charge is 2.06. The fraction of sp³-hybridized carbons (Fsp3) is 0.143. The molecule has 0 heterocycles. The van der Waals surface area contributed by atoms with Crippen molar-refractivity contribution in [2.45, 2.75) is 19.4 Å². The van der Waals surface area contributed by atoms with Gasteiger partial charge in [0.2, 0.25) is 0 Å². The Hall–Kier alpha value is -2.74. The Bertz CT molecular complexity index is 736. The van der Waals surface area contributed by atoms with Crippen LogP contribution in [0.3, 0.4) is 0 Å². The van der Waals surface area contributed by atoms with E-state index in [1.165, 1.54) is 5.56 Å². The molecule has 2 heteroatoms. The maximum atomic E-state index is 9.76. The van der Waals surface area contributed by atoms with Crippen molar-refractivity contribution in [3.05, 3.63) is 95.6 Å². The van der Waals surface area contributed by atoms with E-state index in [-0.39, 0.29) is 5.75 Å². The van der Waals surface area contributed by atoms with E-state index < -0.39 is 0 Å². The number of phenols is 1. The minimum Gasteiger partial charge on any atom is -0.508 e. The molecule has 0 fully saturated rings. The number of benzene rings is 3. The number of aromatic hydroxyl groups is 1. The first-order valence-electron chi connectivity index (χ1n) is 7.84. The van der Waals surface area contributed by atoms with E-state index in [9.17, 15) is 5.11 Å². The Morgan fingerprint density at radius 2 is 1.35 bits per heavy atom. The smallest absolute Gasteiger partial charge is 0.123 e. The zero-order valence-corrected chi connectivity index (χ0v) is 13.0. The summed E-state index contributed by atoms with van der Waals surface area (Å²) in [5.74, 6) is 1.11. The van der Waals surface area contributed by atoms with Gasteiger partial charge in [-0.2, -0.15) is 0 Å². The minimum absolute atomic E-state index is 0.278. The van der Waals surface area contributed by atoms with Crippen LogP contribution < -0.4 is 4.74 Å². The summed E-state index contributed by atoms with van der Waals surface area (Å²) in [5.41, 5.74) is 3.45. The first-order valence-corrected chi connectivity index (χ1v) is 7.84. The fourth-order valence-corrected chi connectivity index (χ4v) is 2.56. The Morgan fingerprint density at radius 3 is 2.04 bits per heavy atom. The topological polar surface area (TPSA) is 29.5 Å².